The lowest BCUT2D eigenvalue weighted by atomic mass is 9.92. The van der Waals surface area contributed by atoms with Crippen molar-refractivity contribution in [2.45, 2.75) is 46.5 Å². The van der Waals surface area contributed by atoms with Crippen molar-refractivity contribution in [2.24, 2.45) is 4.99 Å². The van der Waals surface area contributed by atoms with Gasteiger partial charge in [0.25, 0.3) is 0 Å². The molecular formula is C25H28N2. The van der Waals surface area contributed by atoms with Crippen LogP contribution in [0, 0.1) is 0 Å². The molecule has 0 radical (unpaired) electrons. The largest absolute Gasteiger partial charge is 0.256 e. The number of aromatic nitrogens is 1. The topological polar surface area (TPSA) is 25.2 Å². The van der Waals surface area contributed by atoms with E-state index < -0.39 is 0 Å². The molecule has 0 spiro atoms. The van der Waals surface area contributed by atoms with Gasteiger partial charge in [-0.25, -0.2) is 0 Å². The maximum Gasteiger partial charge on any atom is 0.0702 e. The van der Waals surface area contributed by atoms with Crippen molar-refractivity contribution in [1.29, 1.82) is 0 Å². The lowest BCUT2D eigenvalue weighted by Crippen LogP contribution is -1.99. The van der Waals surface area contributed by atoms with Gasteiger partial charge in [0.1, 0.15) is 0 Å². The Bertz CT molecular complexity index is 911. The molecule has 2 heteroatoms. The molecule has 0 saturated carbocycles. The molecule has 0 bridgehead atoms. The molecule has 0 fully saturated rings. The molecule has 0 saturated heterocycles. The Labute approximate surface area is 163 Å². The van der Waals surface area contributed by atoms with Gasteiger partial charge >= 0.3 is 0 Å². The molecule has 0 aliphatic carbocycles. The third kappa shape index (κ3) is 4.33. The summed E-state index contributed by atoms with van der Waals surface area (Å²) in [6.45, 7) is 11.0. The second-order valence-corrected chi connectivity index (χ2v) is 7.59. The molecule has 0 N–H and O–H groups in total. The number of benzene rings is 2. The SMILES string of the molecule is C/C(=N/c1c(C(C)C)cccc1C(C)C)c1cccc(-c2ccccn2)c1. The van der Waals surface area contributed by atoms with E-state index in [9.17, 15) is 0 Å². The number of pyridine rings is 1. The molecule has 1 heterocycles. The first-order valence-corrected chi connectivity index (χ1v) is 9.67. The molecular weight excluding hydrogens is 328 g/mol. The summed E-state index contributed by atoms with van der Waals surface area (Å²) >= 11 is 0. The zero-order valence-electron chi connectivity index (χ0n) is 16.9. The fraction of sp³-hybridized carbons (Fsp3) is 0.280. The van der Waals surface area contributed by atoms with E-state index in [1.165, 1.54) is 11.1 Å². The lowest BCUT2D eigenvalue weighted by Gasteiger charge is -2.17. The minimum Gasteiger partial charge on any atom is -0.256 e. The van der Waals surface area contributed by atoms with Crippen LogP contribution in [0.5, 0.6) is 0 Å². The normalized spacial score (nSPS) is 12.0. The molecule has 1 aromatic heterocycles. The second-order valence-electron chi connectivity index (χ2n) is 7.59. The molecule has 138 valence electrons. The maximum atomic E-state index is 5.10. The van der Waals surface area contributed by atoms with E-state index in [1.807, 2.05) is 24.4 Å². The first-order valence-electron chi connectivity index (χ1n) is 9.67. The van der Waals surface area contributed by atoms with Crippen LogP contribution in [0.2, 0.25) is 0 Å². The highest BCUT2D eigenvalue weighted by molar-refractivity contribution is 6.01. The van der Waals surface area contributed by atoms with Crippen LogP contribution in [0.1, 0.15) is 63.1 Å². The average Bonchev–Trinajstić information content (AvgIpc) is 2.68. The zero-order chi connectivity index (χ0) is 19.4. The Kier molecular flexibility index (Phi) is 5.85. The fourth-order valence-electron chi connectivity index (χ4n) is 3.31. The van der Waals surface area contributed by atoms with Gasteiger partial charge in [-0.3, -0.25) is 9.98 Å². The van der Waals surface area contributed by atoms with E-state index in [1.54, 1.807) is 0 Å². The van der Waals surface area contributed by atoms with Gasteiger partial charge in [-0.05, 0) is 53.6 Å². The Balaban J connectivity index is 2.07. The van der Waals surface area contributed by atoms with Gasteiger partial charge in [0.05, 0.1) is 11.4 Å². The van der Waals surface area contributed by atoms with Crippen LogP contribution in [0.25, 0.3) is 11.3 Å². The van der Waals surface area contributed by atoms with Crippen molar-refractivity contribution >= 4 is 11.4 Å². The predicted molar refractivity (Wildman–Crippen MR) is 116 cm³/mol. The van der Waals surface area contributed by atoms with Crippen LogP contribution in [0.3, 0.4) is 0 Å². The van der Waals surface area contributed by atoms with Crippen molar-refractivity contribution in [1.82, 2.24) is 4.98 Å². The summed E-state index contributed by atoms with van der Waals surface area (Å²) in [5.41, 5.74) is 8.00. The highest BCUT2D eigenvalue weighted by Crippen LogP contribution is 2.35. The monoisotopic (exact) mass is 356 g/mol. The van der Waals surface area contributed by atoms with Crippen LogP contribution >= 0.6 is 0 Å². The van der Waals surface area contributed by atoms with Gasteiger partial charge in [-0.15, -0.1) is 0 Å². The van der Waals surface area contributed by atoms with E-state index in [0.29, 0.717) is 11.8 Å². The lowest BCUT2D eigenvalue weighted by molar-refractivity contribution is 0.834. The smallest absolute Gasteiger partial charge is 0.0702 e. The number of nitrogens with zero attached hydrogens (tertiary/aromatic N) is 2. The van der Waals surface area contributed by atoms with E-state index in [4.69, 9.17) is 4.99 Å². The summed E-state index contributed by atoms with van der Waals surface area (Å²) < 4.78 is 0. The first-order chi connectivity index (χ1) is 13.0. The number of rotatable bonds is 5. The molecule has 0 amide bonds. The summed E-state index contributed by atoms with van der Waals surface area (Å²) in [5, 5.41) is 0. The maximum absolute atomic E-state index is 5.10. The highest BCUT2D eigenvalue weighted by atomic mass is 14.8. The summed E-state index contributed by atoms with van der Waals surface area (Å²) in [5.74, 6) is 0.880. The molecule has 0 atom stereocenters. The van der Waals surface area contributed by atoms with Gasteiger partial charge in [-0.2, -0.15) is 0 Å². The third-order valence-corrected chi connectivity index (χ3v) is 4.86. The summed E-state index contributed by atoms with van der Waals surface area (Å²) in [6, 6.07) is 21.0. The van der Waals surface area contributed by atoms with E-state index in [0.717, 1.165) is 28.2 Å². The highest BCUT2D eigenvalue weighted by Gasteiger charge is 2.14. The summed E-state index contributed by atoms with van der Waals surface area (Å²) in [7, 11) is 0. The third-order valence-electron chi connectivity index (χ3n) is 4.86. The molecule has 27 heavy (non-hydrogen) atoms. The quantitative estimate of drug-likeness (QED) is 0.446. The van der Waals surface area contributed by atoms with Gasteiger partial charge in [0, 0.05) is 17.5 Å². The van der Waals surface area contributed by atoms with E-state index in [2.05, 4.69) is 82.1 Å². The molecule has 0 aliphatic rings. The molecule has 3 rings (SSSR count). The van der Waals surface area contributed by atoms with Crippen LogP contribution in [-0.4, -0.2) is 10.7 Å². The molecule has 2 aromatic carbocycles. The van der Waals surface area contributed by atoms with Crippen LogP contribution in [0.15, 0.2) is 71.9 Å². The van der Waals surface area contributed by atoms with Crippen molar-refractivity contribution in [3.63, 3.8) is 0 Å². The fourth-order valence-corrected chi connectivity index (χ4v) is 3.31. The number of hydrogen-bond donors (Lipinski definition) is 0. The molecule has 3 aromatic rings. The van der Waals surface area contributed by atoms with Crippen molar-refractivity contribution in [3.05, 3.63) is 83.6 Å². The number of para-hydroxylation sites is 1. The minimum absolute atomic E-state index is 0.440. The summed E-state index contributed by atoms with van der Waals surface area (Å²) in [4.78, 5) is 9.57. The van der Waals surface area contributed by atoms with Gasteiger partial charge < -0.3 is 0 Å². The standard InChI is InChI=1S/C25H28N2/c1-17(2)22-12-9-13-23(18(3)4)25(22)27-19(5)20-10-8-11-21(16-20)24-14-6-7-15-26-24/h6-18H,1-5H3/b27-19-. The minimum atomic E-state index is 0.440. The summed E-state index contributed by atoms with van der Waals surface area (Å²) in [6.07, 6.45) is 1.83. The first kappa shape index (κ1) is 19.0. The average molecular weight is 357 g/mol. The number of aliphatic imine (C=N–C) groups is 1. The van der Waals surface area contributed by atoms with Gasteiger partial charge in [-0.1, -0.05) is 70.2 Å². The van der Waals surface area contributed by atoms with Gasteiger partial charge in [0.2, 0.25) is 0 Å². The van der Waals surface area contributed by atoms with Crippen molar-refractivity contribution in [3.8, 4) is 11.3 Å². The number of hydrogen-bond acceptors (Lipinski definition) is 2. The second kappa shape index (κ2) is 8.30. The molecule has 0 unspecified atom stereocenters. The Hall–Kier alpha value is -2.74. The molecule has 0 aliphatic heterocycles. The molecule has 2 nitrogen and oxygen atoms in total. The van der Waals surface area contributed by atoms with Crippen LogP contribution < -0.4 is 0 Å². The van der Waals surface area contributed by atoms with Crippen LogP contribution in [0.4, 0.5) is 5.69 Å². The Morgan fingerprint density at radius 2 is 1.48 bits per heavy atom. The van der Waals surface area contributed by atoms with Crippen LogP contribution in [-0.2, 0) is 0 Å². The Morgan fingerprint density at radius 3 is 2.07 bits per heavy atom. The Morgan fingerprint density at radius 1 is 0.815 bits per heavy atom. The predicted octanol–water partition coefficient (Wildman–Crippen LogP) is 7.14. The zero-order valence-corrected chi connectivity index (χ0v) is 16.9. The van der Waals surface area contributed by atoms with Crippen molar-refractivity contribution in [2.75, 3.05) is 0 Å². The van der Waals surface area contributed by atoms with E-state index in [-0.39, 0.29) is 0 Å². The van der Waals surface area contributed by atoms with E-state index >= 15 is 0 Å². The van der Waals surface area contributed by atoms with Gasteiger partial charge in [0.15, 0.2) is 0 Å². The van der Waals surface area contributed by atoms with Crippen molar-refractivity contribution < 1.29 is 0 Å².